The van der Waals surface area contributed by atoms with Crippen molar-refractivity contribution >= 4 is 38.3 Å². The number of aromatic nitrogens is 1. The fourth-order valence-corrected chi connectivity index (χ4v) is 2.40. The quantitative estimate of drug-likeness (QED) is 0.908. The van der Waals surface area contributed by atoms with Gasteiger partial charge in [-0.15, -0.1) is 11.3 Å². The van der Waals surface area contributed by atoms with Gasteiger partial charge in [0.25, 0.3) is 0 Å². The van der Waals surface area contributed by atoms with Gasteiger partial charge in [0, 0.05) is 28.4 Å². The summed E-state index contributed by atoms with van der Waals surface area (Å²) in [5, 5.41) is 5.24. The number of carbonyl (C=O) groups excluding carboxylic acids is 1. The normalized spacial score (nSPS) is 10.3. The van der Waals surface area contributed by atoms with E-state index in [-0.39, 0.29) is 5.91 Å². The topological polar surface area (TPSA) is 68.0 Å². The van der Waals surface area contributed by atoms with Gasteiger partial charge in [-0.3, -0.25) is 4.79 Å². The van der Waals surface area contributed by atoms with Gasteiger partial charge in [-0.25, -0.2) is 4.98 Å². The van der Waals surface area contributed by atoms with E-state index in [2.05, 4.69) is 26.2 Å². The summed E-state index contributed by atoms with van der Waals surface area (Å²) in [6.07, 6.45) is 0.313. The average Bonchev–Trinajstić information content (AvgIpc) is 2.78. The molecule has 0 bridgehead atoms. The van der Waals surface area contributed by atoms with Gasteiger partial charge in [0.15, 0.2) is 5.13 Å². The van der Waals surface area contributed by atoms with Crippen molar-refractivity contribution in [2.75, 3.05) is 11.9 Å². The third-order valence-corrected chi connectivity index (χ3v) is 3.55. The van der Waals surface area contributed by atoms with Crippen molar-refractivity contribution in [3.63, 3.8) is 0 Å². The highest BCUT2D eigenvalue weighted by Gasteiger charge is 2.07. The molecule has 94 valence electrons. The second-order valence-electron chi connectivity index (χ2n) is 3.63. The van der Waals surface area contributed by atoms with Crippen LogP contribution in [0.5, 0.6) is 0 Å². The lowest BCUT2D eigenvalue weighted by Gasteiger charge is -1.99. The van der Waals surface area contributed by atoms with E-state index in [4.69, 9.17) is 5.73 Å². The predicted molar refractivity (Wildman–Crippen MR) is 77.6 cm³/mol. The molecule has 3 N–H and O–H groups in total. The Bertz CT molecular complexity index is 539. The Morgan fingerprint density at radius 2 is 2.11 bits per heavy atom. The largest absolute Gasteiger partial charge is 0.330 e. The van der Waals surface area contributed by atoms with Crippen molar-refractivity contribution in [3.8, 4) is 11.3 Å². The molecule has 1 amide bonds. The molecule has 0 aliphatic rings. The summed E-state index contributed by atoms with van der Waals surface area (Å²) in [6, 6.07) is 7.87. The van der Waals surface area contributed by atoms with Gasteiger partial charge in [0.05, 0.1) is 5.69 Å². The van der Waals surface area contributed by atoms with Crippen LogP contribution in [0.1, 0.15) is 6.42 Å². The van der Waals surface area contributed by atoms with Crippen LogP contribution in [0.15, 0.2) is 34.1 Å². The highest BCUT2D eigenvalue weighted by Crippen LogP contribution is 2.26. The maximum Gasteiger partial charge on any atom is 0.227 e. The number of halogens is 1. The van der Waals surface area contributed by atoms with Crippen LogP contribution in [0.3, 0.4) is 0 Å². The van der Waals surface area contributed by atoms with Crippen LogP contribution in [0.4, 0.5) is 5.13 Å². The minimum absolute atomic E-state index is 0.103. The van der Waals surface area contributed by atoms with Gasteiger partial charge in [0.1, 0.15) is 0 Å². The van der Waals surface area contributed by atoms with E-state index in [9.17, 15) is 4.79 Å². The van der Waals surface area contributed by atoms with Gasteiger partial charge in [-0.2, -0.15) is 0 Å². The first-order valence-corrected chi connectivity index (χ1v) is 7.07. The number of hydrogen-bond acceptors (Lipinski definition) is 4. The van der Waals surface area contributed by atoms with E-state index < -0.39 is 0 Å². The first-order chi connectivity index (χ1) is 8.69. The monoisotopic (exact) mass is 325 g/mol. The molecular weight excluding hydrogens is 314 g/mol. The third-order valence-electron chi connectivity index (χ3n) is 2.26. The molecule has 0 spiro atoms. The molecule has 1 aromatic heterocycles. The SMILES string of the molecule is NCCC(=O)Nc1nc(-c2ccc(Br)cc2)cs1. The van der Waals surface area contributed by atoms with E-state index in [1.54, 1.807) is 0 Å². The Labute approximate surface area is 117 Å². The molecule has 1 aromatic carbocycles. The zero-order valence-corrected chi connectivity index (χ0v) is 11.9. The Morgan fingerprint density at radius 1 is 1.39 bits per heavy atom. The minimum atomic E-state index is -0.103. The van der Waals surface area contributed by atoms with Crippen LogP contribution >= 0.6 is 27.3 Å². The van der Waals surface area contributed by atoms with Crippen molar-refractivity contribution in [2.45, 2.75) is 6.42 Å². The second-order valence-corrected chi connectivity index (χ2v) is 5.41. The lowest BCUT2D eigenvalue weighted by atomic mass is 10.2. The number of amides is 1. The summed E-state index contributed by atoms with van der Waals surface area (Å²) in [5.41, 5.74) is 7.19. The van der Waals surface area contributed by atoms with Crippen LogP contribution in [-0.4, -0.2) is 17.4 Å². The molecule has 0 atom stereocenters. The molecule has 6 heteroatoms. The Morgan fingerprint density at radius 3 is 2.78 bits per heavy atom. The first kappa shape index (κ1) is 13.2. The molecule has 0 unspecified atom stereocenters. The number of rotatable bonds is 4. The summed E-state index contributed by atoms with van der Waals surface area (Å²) < 4.78 is 1.03. The Balaban J connectivity index is 2.10. The van der Waals surface area contributed by atoms with Crippen molar-refractivity contribution in [2.24, 2.45) is 5.73 Å². The lowest BCUT2D eigenvalue weighted by molar-refractivity contribution is -0.116. The number of thiazole rings is 1. The third kappa shape index (κ3) is 3.38. The van der Waals surface area contributed by atoms with Crippen molar-refractivity contribution in [1.29, 1.82) is 0 Å². The fraction of sp³-hybridized carbons (Fsp3) is 0.167. The molecule has 0 aliphatic carbocycles. The maximum atomic E-state index is 11.4. The van der Waals surface area contributed by atoms with E-state index >= 15 is 0 Å². The summed E-state index contributed by atoms with van der Waals surface area (Å²) in [5.74, 6) is -0.103. The van der Waals surface area contributed by atoms with Crippen molar-refractivity contribution in [1.82, 2.24) is 4.98 Å². The fourth-order valence-electron chi connectivity index (χ4n) is 1.40. The van der Waals surface area contributed by atoms with E-state index in [1.807, 2.05) is 29.6 Å². The molecule has 0 radical (unpaired) electrons. The van der Waals surface area contributed by atoms with E-state index in [0.717, 1.165) is 15.7 Å². The highest BCUT2D eigenvalue weighted by molar-refractivity contribution is 9.10. The number of hydrogen-bond donors (Lipinski definition) is 2. The summed E-state index contributed by atoms with van der Waals surface area (Å²) in [7, 11) is 0. The lowest BCUT2D eigenvalue weighted by Crippen LogP contribution is -2.15. The molecule has 0 aliphatic heterocycles. The summed E-state index contributed by atoms with van der Waals surface area (Å²) in [6.45, 7) is 0.344. The summed E-state index contributed by atoms with van der Waals surface area (Å²) >= 11 is 4.79. The number of carbonyl (C=O) groups is 1. The molecule has 18 heavy (non-hydrogen) atoms. The van der Waals surface area contributed by atoms with Crippen LogP contribution in [-0.2, 0) is 4.79 Å². The molecule has 0 saturated heterocycles. The second kappa shape index (κ2) is 6.08. The number of nitrogens with zero attached hydrogens (tertiary/aromatic N) is 1. The highest BCUT2D eigenvalue weighted by atomic mass is 79.9. The first-order valence-electron chi connectivity index (χ1n) is 5.40. The molecule has 1 heterocycles. The molecule has 2 rings (SSSR count). The summed E-state index contributed by atoms with van der Waals surface area (Å²) in [4.78, 5) is 15.7. The van der Waals surface area contributed by atoms with Crippen LogP contribution in [0, 0.1) is 0 Å². The molecule has 4 nitrogen and oxygen atoms in total. The Hall–Kier alpha value is -1.24. The molecule has 0 saturated carbocycles. The number of nitrogens with one attached hydrogen (secondary N) is 1. The molecule has 2 aromatic rings. The van der Waals surface area contributed by atoms with Crippen LogP contribution in [0.25, 0.3) is 11.3 Å². The average molecular weight is 326 g/mol. The van der Waals surface area contributed by atoms with Gasteiger partial charge < -0.3 is 11.1 Å². The molecule has 0 fully saturated rings. The zero-order chi connectivity index (χ0) is 13.0. The van der Waals surface area contributed by atoms with Gasteiger partial charge in [0.2, 0.25) is 5.91 Å². The standard InChI is InChI=1S/C12H12BrN3OS/c13-9-3-1-8(2-4-9)10-7-18-12(15-10)16-11(17)5-6-14/h1-4,7H,5-6,14H2,(H,15,16,17). The number of benzene rings is 1. The van der Waals surface area contributed by atoms with E-state index in [0.29, 0.717) is 18.1 Å². The van der Waals surface area contributed by atoms with Gasteiger partial charge >= 0.3 is 0 Å². The van der Waals surface area contributed by atoms with Crippen LogP contribution in [0.2, 0.25) is 0 Å². The van der Waals surface area contributed by atoms with Crippen molar-refractivity contribution < 1.29 is 4.79 Å². The minimum Gasteiger partial charge on any atom is -0.330 e. The van der Waals surface area contributed by atoms with Crippen molar-refractivity contribution in [3.05, 3.63) is 34.1 Å². The van der Waals surface area contributed by atoms with Crippen LogP contribution < -0.4 is 11.1 Å². The predicted octanol–water partition coefficient (Wildman–Crippen LogP) is 2.86. The zero-order valence-electron chi connectivity index (χ0n) is 9.52. The number of anilines is 1. The molecular formula is C12H12BrN3OS. The smallest absolute Gasteiger partial charge is 0.227 e. The maximum absolute atomic E-state index is 11.4. The number of nitrogens with two attached hydrogens (primary N) is 1. The van der Waals surface area contributed by atoms with E-state index in [1.165, 1.54) is 11.3 Å². The Kier molecular flexibility index (Phi) is 4.46. The van der Waals surface area contributed by atoms with Gasteiger partial charge in [-0.1, -0.05) is 28.1 Å². The van der Waals surface area contributed by atoms with Gasteiger partial charge in [-0.05, 0) is 12.1 Å².